The average Bonchev–Trinajstić information content (AvgIpc) is 2.59. The van der Waals surface area contributed by atoms with E-state index in [2.05, 4.69) is 0 Å². The lowest BCUT2D eigenvalue weighted by molar-refractivity contribution is -0.140. The Morgan fingerprint density at radius 1 is 1.50 bits per heavy atom. The van der Waals surface area contributed by atoms with Crippen molar-refractivity contribution < 1.29 is 22.7 Å². The first-order valence-electron chi connectivity index (χ1n) is 4.83. The molecule has 0 aliphatic heterocycles. The van der Waals surface area contributed by atoms with E-state index in [1.165, 1.54) is 18.3 Å². The number of alkyl halides is 3. The molecule has 0 radical (unpaired) electrons. The lowest BCUT2D eigenvalue weighted by Gasteiger charge is -2.11. The summed E-state index contributed by atoms with van der Waals surface area (Å²) in [7, 11) is 0. The van der Waals surface area contributed by atoms with Crippen molar-refractivity contribution >= 4 is 5.97 Å². The number of hydrogen-bond acceptors (Lipinski definition) is 2. The van der Waals surface area contributed by atoms with Crippen LogP contribution in [0.5, 0.6) is 0 Å². The molecule has 1 aromatic heterocycles. The average molecular weight is 235 g/mol. The number of carbonyl (C=O) groups excluding carboxylic acids is 1. The molecule has 0 unspecified atom stereocenters. The molecule has 1 heterocycles. The van der Waals surface area contributed by atoms with E-state index in [1.807, 2.05) is 6.92 Å². The molecule has 0 saturated heterocycles. The van der Waals surface area contributed by atoms with Gasteiger partial charge in [0.15, 0.2) is 0 Å². The molecule has 16 heavy (non-hydrogen) atoms. The molecule has 1 aromatic rings. The molecule has 0 fully saturated rings. The zero-order valence-corrected chi connectivity index (χ0v) is 8.75. The van der Waals surface area contributed by atoms with E-state index in [4.69, 9.17) is 4.74 Å². The molecular weight excluding hydrogens is 223 g/mol. The van der Waals surface area contributed by atoms with Crippen LogP contribution in [-0.4, -0.2) is 23.3 Å². The van der Waals surface area contributed by atoms with Gasteiger partial charge >= 0.3 is 12.1 Å². The van der Waals surface area contributed by atoms with E-state index < -0.39 is 18.7 Å². The SMILES string of the molecule is CCCOC(=O)c1cccn1CC(F)(F)F. The number of esters is 1. The van der Waals surface area contributed by atoms with Crippen molar-refractivity contribution in [2.24, 2.45) is 0 Å². The summed E-state index contributed by atoms with van der Waals surface area (Å²) in [5.41, 5.74) is -0.0780. The van der Waals surface area contributed by atoms with Crippen LogP contribution in [0, 0.1) is 0 Å². The van der Waals surface area contributed by atoms with Gasteiger partial charge in [-0.25, -0.2) is 4.79 Å². The fourth-order valence-electron chi connectivity index (χ4n) is 1.20. The first-order valence-corrected chi connectivity index (χ1v) is 4.83. The van der Waals surface area contributed by atoms with Crippen molar-refractivity contribution in [3.63, 3.8) is 0 Å². The molecule has 0 spiro atoms. The standard InChI is InChI=1S/C10H12F3NO2/c1-2-6-16-9(15)8-4-3-5-14(8)7-10(11,12)13/h3-5H,2,6-7H2,1H3. The van der Waals surface area contributed by atoms with Crippen LogP contribution in [0.15, 0.2) is 18.3 Å². The number of ether oxygens (including phenoxy) is 1. The van der Waals surface area contributed by atoms with Crippen LogP contribution >= 0.6 is 0 Å². The van der Waals surface area contributed by atoms with Crippen molar-refractivity contribution in [1.29, 1.82) is 0 Å². The zero-order chi connectivity index (χ0) is 12.2. The first-order chi connectivity index (χ1) is 7.44. The van der Waals surface area contributed by atoms with Gasteiger partial charge in [-0.1, -0.05) is 6.92 Å². The topological polar surface area (TPSA) is 31.2 Å². The molecule has 0 amide bonds. The van der Waals surface area contributed by atoms with Crippen LogP contribution in [0.4, 0.5) is 13.2 Å². The van der Waals surface area contributed by atoms with Gasteiger partial charge in [-0.15, -0.1) is 0 Å². The van der Waals surface area contributed by atoms with Crippen molar-refractivity contribution in [3.05, 3.63) is 24.0 Å². The normalized spacial score (nSPS) is 11.5. The highest BCUT2D eigenvalue weighted by molar-refractivity contribution is 5.87. The Kier molecular flexibility index (Phi) is 3.98. The van der Waals surface area contributed by atoms with Gasteiger partial charge in [0.25, 0.3) is 0 Å². The summed E-state index contributed by atoms with van der Waals surface area (Å²) in [5, 5.41) is 0. The third-order valence-corrected chi connectivity index (χ3v) is 1.83. The van der Waals surface area contributed by atoms with E-state index >= 15 is 0 Å². The van der Waals surface area contributed by atoms with E-state index in [0.29, 0.717) is 6.42 Å². The second kappa shape index (κ2) is 5.05. The minimum absolute atomic E-state index is 0.0780. The summed E-state index contributed by atoms with van der Waals surface area (Å²) in [6.07, 6.45) is -2.51. The lowest BCUT2D eigenvalue weighted by Crippen LogP contribution is -2.21. The predicted octanol–water partition coefficient (Wildman–Crippen LogP) is 2.62. The van der Waals surface area contributed by atoms with Gasteiger partial charge in [0.05, 0.1) is 6.61 Å². The number of nitrogens with zero attached hydrogens (tertiary/aromatic N) is 1. The van der Waals surface area contributed by atoms with Crippen molar-refractivity contribution in [3.8, 4) is 0 Å². The number of carbonyl (C=O) groups is 1. The quantitative estimate of drug-likeness (QED) is 0.751. The Hall–Kier alpha value is -1.46. The van der Waals surface area contributed by atoms with Crippen molar-refractivity contribution in [2.45, 2.75) is 26.1 Å². The molecule has 0 aliphatic rings. The van der Waals surface area contributed by atoms with Crippen molar-refractivity contribution in [2.75, 3.05) is 6.61 Å². The van der Waals surface area contributed by atoms with Crippen LogP contribution in [0.25, 0.3) is 0 Å². The minimum atomic E-state index is -4.35. The summed E-state index contributed by atoms with van der Waals surface area (Å²) in [5.74, 6) is -0.726. The van der Waals surface area contributed by atoms with Gasteiger partial charge in [-0.2, -0.15) is 13.2 Å². The third-order valence-electron chi connectivity index (χ3n) is 1.83. The molecule has 3 nitrogen and oxygen atoms in total. The first kappa shape index (κ1) is 12.6. The Morgan fingerprint density at radius 2 is 2.19 bits per heavy atom. The van der Waals surface area contributed by atoms with Gasteiger partial charge in [-0.05, 0) is 18.6 Å². The molecule has 0 aliphatic carbocycles. The van der Waals surface area contributed by atoms with Gasteiger partial charge in [0, 0.05) is 6.20 Å². The van der Waals surface area contributed by atoms with Crippen LogP contribution in [0.2, 0.25) is 0 Å². The smallest absolute Gasteiger partial charge is 0.406 e. The Morgan fingerprint density at radius 3 is 2.75 bits per heavy atom. The summed E-state index contributed by atoms with van der Waals surface area (Å²) in [6, 6.07) is 2.69. The molecule has 0 N–H and O–H groups in total. The summed E-state index contributed by atoms with van der Waals surface area (Å²) in [4.78, 5) is 11.4. The number of aromatic nitrogens is 1. The molecule has 0 saturated carbocycles. The summed E-state index contributed by atoms with van der Waals surface area (Å²) >= 11 is 0. The molecule has 0 aromatic carbocycles. The second-order valence-electron chi connectivity index (χ2n) is 3.27. The highest BCUT2D eigenvalue weighted by atomic mass is 19.4. The second-order valence-corrected chi connectivity index (χ2v) is 3.27. The number of rotatable bonds is 4. The zero-order valence-electron chi connectivity index (χ0n) is 8.75. The van der Waals surface area contributed by atoms with E-state index in [1.54, 1.807) is 0 Å². The van der Waals surface area contributed by atoms with Gasteiger partial charge in [0.1, 0.15) is 12.2 Å². The summed E-state index contributed by atoms with van der Waals surface area (Å²) < 4.78 is 42.0. The maximum Gasteiger partial charge on any atom is 0.406 e. The van der Waals surface area contributed by atoms with E-state index in [0.717, 1.165) is 4.57 Å². The van der Waals surface area contributed by atoms with Crippen molar-refractivity contribution in [1.82, 2.24) is 4.57 Å². The molecule has 0 bridgehead atoms. The summed E-state index contributed by atoms with van der Waals surface area (Å²) in [6.45, 7) is 0.828. The fraction of sp³-hybridized carbons (Fsp3) is 0.500. The van der Waals surface area contributed by atoms with Crippen LogP contribution in [0.1, 0.15) is 23.8 Å². The fourth-order valence-corrected chi connectivity index (χ4v) is 1.20. The molecule has 90 valence electrons. The number of halogens is 3. The van der Waals surface area contributed by atoms with E-state index in [9.17, 15) is 18.0 Å². The van der Waals surface area contributed by atoms with Gasteiger partial charge < -0.3 is 9.30 Å². The Bertz CT molecular complexity index is 357. The predicted molar refractivity (Wildman–Crippen MR) is 51.1 cm³/mol. The highest BCUT2D eigenvalue weighted by Crippen LogP contribution is 2.19. The van der Waals surface area contributed by atoms with Gasteiger partial charge in [-0.3, -0.25) is 0 Å². The molecule has 0 atom stereocenters. The highest BCUT2D eigenvalue weighted by Gasteiger charge is 2.29. The Labute approximate surface area is 90.8 Å². The largest absolute Gasteiger partial charge is 0.461 e. The van der Waals surface area contributed by atoms with Crippen LogP contribution in [0.3, 0.4) is 0 Å². The minimum Gasteiger partial charge on any atom is -0.461 e. The lowest BCUT2D eigenvalue weighted by atomic mass is 10.4. The van der Waals surface area contributed by atoms with Crippen LogP contribution in [-0.2, 0) is 11.3 Å². The Balaban J connectivity index is 2.74. The maximum atomic E-state index is 12.1. The van der Waals surface area contributed by atoms with Gasteiger partial charge in [0.2, 0.25) is 0 Å². The monoisotopic (exact) mass is 235 g/mol. The maximum absolute atomic E-state index is 12.1. The molecule has 6 heteroatoms. The number of hydrogen-bond donors (Lipinski definition) is 0. The third kappa shape index (κ3) is 3.60. The van der Waals surface area contributed by atoms with Crippen LogP contribution < -0.4 is 0 Å². The molecule has 1 rings (SSSR count). The molecular formula is C10H12F3NO2. The van der Waals surface area contributed by atoms with E-state index in [-0.39, 0.29) is 12.3 Å².